The van der Waals surface area contributed by atoms with E-state index in [2.05, 4.69) is 36.9 Å². The van der Waals surface area contributed by atoms with Gasteiger partial charge in [-0.15, -0.1) is 0 Å². The first-order valence-corrected chi connectivity index (χ1v) is 7.48. The lowest BCUT2D eigenvalue weighted by atomic mass is 10.1. The van der Waals surface area contributed by atoms with Gasteiger partial charge in [0, 0.05) is 18.7 Å². The van der Waals surface area contributed by atoms with Crippen molar-refractivity contribution in [3.63, 3.8) is 0 Å². The van der Waals surface area contributed by atoms with E-state index >= 15 is 0 Å². The van der Waals surface area contributed by atoms with E-state index in [0.29, 0.717) is 12.3 Å². The van der Waals surface area contributed by atoms with Crippen molar-refractivity contribution in [1.29, 1.82) is 0 Å². The van der Waals surface area contributed by atoms with Gasteiger partial charge in [0.1, 0.15) is 0 Å². The van der Waals surface area contributed by atoms with Gasteiger partial charge in [-0.3, -0.25) is 4.79 Å². The predicted molar refractivity (Wildman–Crippen MR) is 86.2 cm³/mol. The molecule has 1 aliphatic heterocycles. The summed E-state index contributed by atoms with van der Waals surface area (Å²) in [6.07, 6.45) is 0.610. The van der Waals surface area contributed by atoms with Crippen LogP contribution in [0.25, 0.3) is 11.1 Å². The quantitative estimate of drug-likeness (QED) is 0.853. The van der Waals surface area contributed by atoms with E-state index < -0.39 is 0 Å². The summed E-state index contributed by atoms with van der Waals surface area (Å²) in [6, 6.07) is 18.4. The van der Waals surface area contributed by atoms with Gasteiger partial charge in [-0.1, -0.05) is 42.5 Å². The van der Waals surface area contributed by atoms with Crippen molar-refractivity contribution in [3.8, 4) is 11.1 Å². The fourth-order valence-electron chi connectivity index (χ4n) is 2.64. The van der Waals surface area contributed by atoms with Crippen molar-refractivity contribution in [2.75, 3.05) is 17.2 Å². The van der Waals surface area contributed by atoms with Crippen molar-refractivity contribution in [3.05, 3.63) is 54.6 Å². The summed E-state index contributed by atoms with van der Waals surface area (Å²) in [4.78, 5) is 14.0. The standard InChI is InChI=1S/C17H17NOS/c19-17-9-13(12-20)11-18(17)16-8-4-7-15(10-16)14-5-2-1-3-6-14/h1-8,10,13,20H,9,11-12H2. The van der Waals surface area contributed by atoms with Crippen LogP contribution in [0.15, 0.2) is 54.6 Å². The number of benzene rings is 2. The highest BCUT2D eigenvalue weighted by Crippen LogP contribution is 2.29. The maximum absolute atomic E-state index is 12.1. The van der Waals surface area contributed by atoms with Crippen LogP contribution in [0.4, 0.5) is 5.69 Å². The summed E-state index contributed by atoms with van der Waals surface area (Å²) in [5.74, 6) is 1.33. The third-order valence-electron chi connectivity index (χ3n) is 3.73. The van der Waals surface area contributed by atoms with Crippen LogP contribution in [-0.4, -0.2) is 18.2 Å². The topological polar surface area (TPSA) is 20.3 Å². The SMILES string of the molecule is O=C1CC(CS)CN1c1cccc(-c2ccccc2)c1. The largest absolute Gasteiger partial charge is 0.312 e. The molecule has 1 saturated heterocycles. The second-order valence-corrected chi connectivity index (χ2v) is 5.54. The van der Waals surface area contributed by atoms with Gasteiger partial charge >= 0.3 is 0 Å². The van der Waals surface area contributed by atoms with Crippen LogP contribution in [0.3, 0.4) is 0 Å². The summed E-state index contributed by atoms with van der Waals surface area (Å²) in [6.45, 7) is 0.778. The molecule has 1 aliphatic rings. The number of rotatable bonds is 3. The Morgan fingerprint density at radius 3 is 2.50 bits per heavy atom. The fraction of sp³-hybridized carbons (Fsp3) is 0.235. The van der Waals surface area contributed by atoms with Crippen molar-refractivity contribution in [1.82, 2.24) is 0 Å². The van der Waals surface area contributed by atoms with E-state index in [-0.39, 0.29) is 5.91 Å². The summed E-state index contributed by atoms with van der Waals surface area (Å²) in [5.41, 5.74) is 3.30. The van der Waals surface area contributed by atoms with Crippen LogP contribution < -0.4 is 4.90 Å². The highest BCUT2D eigenvalue weighted by Gasteiger charge is 2.29. The summed E-state index contributed by atoms with van der Waals surface area (Å²) in [7, 11) is 0. The second-order valence-electron chi connectivity index (χ2n) is 5.17. The molecule has 102 valence electrons. The second kappa shape index (κ2) is 5.71. The number of nitrogens with zero attached hydrogens (tertiary/aromatic N) is 1. The summed E-state index contributed by atoms with van der Waals surface area (Å²) in [5, 5.41) is 0. The van der Waals surface area contributed by atoms with Gasteiger partial charge in [0.05, 0.1) is 0 Å². The first-order valence-electron chi connectivity index (χ1n) is 6.84. The molecule has 20 heavy (non-hydrogen) atoms. The van der Waals surface area contributed by atoms with E-state index in [9.17, 15) is 4.79 Å². The minimum absolute atomic E-state index is 0.203. The molecule has 1 unspecified atom stereocenters. The minimum Gasteiger partial charge on any atom is -0.312 e. The Morgan fingerprint density at radius 2 is 1.80 bits per heavy atom. The zero-order valence-electron chi connectivity index (χ0n) is 11.2. The molecule has 0 spiro atoms. The Kier molecular flexibility index (Phi) is 3.79. The molecule has 0 aliphatic carbocycles. The number of amides is 1. The van der Waals surface area contributed by atoms with E-state index in [0.717, 1.165) is 23.5 Å². The number of carbonyl (C=O) groups is 1. The Morgan fingerprint density at radius 1 is 1.05 bits per heavy atom. The fourth-order valence-corrected chi connectivity index (χ4v) is 2.88. The number of anilines is 1. The number of hydrogen-bond donors (Lipinski definition) is 1. The molecule has 1 atom stereocenters. The van der Waals surface area contributed by atoms with Crippen LogP contribution in [-0.2, 0) is 4.79 Å². The Hall–Kier alpha value is -1.74. The average molecular weight is 283 g/mol. The van der Waals surface area contributed by atoms with Crippen molar-refractivity contribution in [2.45, 2.75) is 6.42 Å². The molecule has 0 saturated carbocycles. The van der Waals surface area contributed by atoms with Gasteiger partial charge in [0.25, 0.3) is 0 Å². The van der Waals surface area contributed by atoms with Crippen molar-refractivity contribution in [2.24, 2.45) is 5.92 Å². The number of hydrogen-bond acceptors (Lipinski definition) is 2. The minimum atomic E-state index is 0.203. The molecule has 2 aromatic rings. The van der Waals surface area contributed by atoms with Gasteiger partial charge < -0.3 is 4.90 Å². The van der Waals surface area contributed by atoms with E-state index in [1.165, 1.54) is 5.56 Å². The molecule has 2 nitrogen and oxygen atoms in total. The van der Waals surface area contributed by atoms with Crippen LogP contribution in [0.1, 0.15) is 6.42 Å². The normalized spacial score (nSPS) is 18.6. The summed E-state index contributed by atoms with van der Waals surface area (Å²) >= 11 is 4.31. The third-order valence-corrected chi connectivity index (χ3v) is 4.24. The smallest absolute Gasteiger partial charge is 0.227 e. The van der Waals surface area contributed by atoms with Gasteiger partial charge in [-0.25, -0.2) is 0 Å². The van der Waals surface area contributed by atoms with Crippen LogP contribution in [0.2, 0.25) is 0 Å². The van der Waals surface area contributed by atoms with Crippen molar-refractivity contribution >= 4 is 24.2 Å². The predicted octanol–water partition coefficient (Wildman–Crippen LogP) is 3.64. The lowest BCUT2D eigenvalue weighted by Gasteiger charge is -2.17. The molecule has 3 heteroatoms. The Balaban J connectivity index is 1.91. The molecular formula is C17H17NOS. The first kappa shape index (κ1) is 13.3. The Labute approximate surface area is 124 Å². The Bertz CT molecular complexity index is 611. The number of carbonyl (C=O) groups excluding carboxylic acids is 1. The molecule has 1 heterocycles. The zero-order valence-corrected chi connectivity index (χ0v) is 12.1. The molecule has 0 aromatic heterocycles. The lowest BCUT2D eigenvalue weighted by molar-refractivity contribution is -0.117. The molecule has 2 aromatic carbocycles. The van der Waals surface area contributed by atoms with Gasteiger partial charge in [-0.2, -0.15) is 12.6 Å². The molecule has 0 radical (unpaired) electrons. The maximum atomic E-state index is 12.1. The molecular weight excluding hydrogens is 266 g/mol. The molecule has 3 rings (SSSR count). The zero-order chi connectivity index (χ0) is 13.9. The molecule has 0 bridgehead atoms. The highest BCUT2D eigenvalue weighted by molar-refractivity contribution is 7.80. The van der Waals surface area contributed by atoms with Gasteiger partial charge in [-0.05, 0) is 34.9 Å². The van der Waals surface area contributed by atoms with Crippen LogP contribution >= 0.6 is 12.6 Å². The molecule has 1 amide bonds. The van der Waals surface area contributed by atoms with E-state index in [4.69, 9.17) is 0 Å². The maximum Gasteiger partial charge on any atom is 0.227 e. The van der Waals surface area contributed by atoms with Gasteiger partial charge in [0.15, 0.2) is 0 Å². The summed E-state index contributed by atoms with van der Waals surface area (Å²) < 4.78 is 0. The number of thiol groups is 1. The third kappa shape index (κ3) is 2.59. The van der Waals surface area contributed by atoms with Crippen molar-refractivity contribution < 1.29 is 4.79 Å². The highest BCUT2D eigenvalue weighted by atomic mass is 32.1. The van der Waals surface area contributed by atoms with Crippen LogP contribution in [0.5, 0.6) is 0 Å². The van der Waals surface area contributed by atoms with E-state index in [1.54, 1.807) is 0 Å². The average Bonchev–Trinajstić information content (AvgIpc) is 2.89. The lowest BCUT2D eigenvalue weighted by Crippen LogP contribution is -2.24. The van der Waals surface area contributed by atoms with E-state index in [1.807, 2.05) is 35.2 Å². The first-order chi connectivity index (χ1) is 9.78. The van der Waals surface area contributed by atoms with Gasteiger partial charge in [0.2, 0.25) is 5.91 Å². The molecule has 1 fully saturated rings. The molecule has 0 N–H and O–H groups in total. The monoisotopic (exact) mass is 283 g/mol. The van der Waals surface area contributed by atoms with Crippen LogP contribution in [0, 0.1) is 5.92 Å².